The van der Waals surface area contributed by atoms with E-state index in [2.05, 4.69) is 6.92 Å². The molecule has 0 saturated heterocycles. The van der Waals surface area contributed by atoms with Crippen LogP contribution in [0.5, 0.6) is 5.75 Å². The second-order valence-electron chi connectivity index (χ2n) is 5.81. The number of unbranched alkanes of at least 4 members (excludes halogenated alkanes) is 4. The fourth-order valence-electron chi connectivity index (χ4n) is 2.28. The maximum atomic E-state index is 12.3. The van der Waals surface area contributed by atoms with Gasteiger partial charge in [0.1, 0.15) is 0 Å². The van der Waals surface area contributed by atoms with Crippen molar-refractivity contribution in [3.05, 3.63) is 29.3 Å². The van der Waals surface area contributed by atoms with Gasteiger partial charge in [-0.1, -0.05) is 0 Å². The molecular formula is C18H26Cl2O2Ru. The number of hydrogen-bond acceptors (Lipinski definition) is 2. The fourth-order valence-corrected chi connectivity index (χ4v) is 4.06. The van der Waals surface area contributed by atoms with Crippen molar-refractivity contribution in [2.24, 2.45) is 0 Å². The molecule has 0 fully saturated rings. The monoisotopic (exact) mass is 446 g/mol. The number of ketones is 1. The van der Waals surface area contributed by atoms with Crippen LogP contribution in [0.2, 0.25) is 0 Å². The molecule has 0 unspecified atom stereocenters. The summed E-state index contributed by atoms with van der Waals surface area (Å²) in [7, 11) is 12.0. The second kappa shape index (κ2) is 11.3. The van der Waals surface area contributed by atoms with Crippen molar-refractivity contribution in [1.82, 2.24) is 0 Å². The van der Waals surface area contributed by atoms with Crippen molar-refractivity contribution in [1.29, 1.82) is 0 Å². The third kappa shape index (κ3) is 8.43. The van der Waals surface area contributed by atoms with Gasteiger partial charge in [0.15, 0.2) is 0 Å². The van der Waals surface area contributed by atoms with Crippen molar-refractivity contribution >= 4 is 29.8 Å². The summed E-state index contributed by atoms with van der Waals surface area (Å²) in [5.41, 5.74) is 1.55. The molecule has 23 heavy (non-hydrogen) atoms. The van der Waals surface area contributed by atoms with Gasteiger partial charge in [0.05, 0.1) is 0 Å². The average Bonchev–Trinajstić information content (AvgIpc) is 2.47. The van der Waals surface area contributed by atoms with E-state index in [1.165, 1.54) is 19.3 Å². The first-order chi connectivity index (χ1) is 10.9. The summed E-state index contributed by atoms with van der Waals surface area (Å²) in [5.74, 6) is 0.912. The number of carbonyl (C=O) groups excluding carboxylic acids is 1. The number of benzene rings is 1. The van der Waals surface area contributed by atoms with Crippen LogP contribution in [0.3, 0.4) is 0 Å². The molecule has 0 amide bonds. The van der Waals surface area contributed by atoms with Crippen LogP contribution in [-0.4, -0.2) is 16.5 Å². The zero-order valence-electron chi connectivity index (χ0n) is 14.1. The Kier molecular flexibility index (Phi) is 10.3. The summed E-state index contributed by atoms with van der Waals surface area (Å²) >= 11 is -1.97. The van der Waals surface area contributed by atoms with Crippen LogP contribution in [0.25, 0.3) is 0 Å². The van der Waals surface area contributed by atoms with E-state index in [4.69, 9.17) is 24.1 Å². The van der Waals surface area contributed by atoms with Gasteiger partial charge in [-0.25, -0.2) is 0 Å². The fraction of sp³-hybridized carbons (Fsp3) is 0.556. The summed E-state index contributed by atoms with van der Waals surface area (Å²) < 4.78 is 7.61. The molecule has 1 rings (SSSR count). The third-order valence-corrected chi connectivity index (χ3v) is 5.22. The number of rotatable bonds is 10. The van der Waals surface area contributed by atoms with Gasteiger partial charge in [0.25, 0.3) is 0 Å². The molecule has 0 heterocycles. The Morgan fingerprint density at radius 2 is 1.91 bits per heavy atom. The molecule has 0 aliphatic heterocycles. The molecule has 0 aromatic heterocycles. The molecule has 0 radical (unpaired) electrons. The van der Waals surface area contributed by atoms with E-state index in [9.17, 15) is 4.79 Å². The standard InChI is InChI=1S/C18H26O2.2ClH.Ru/c1-5-6-7-8-9-10-17(19)16-11-12-18(15(4)13-16)20-14(2)3;;;/h4,11-14H,5-10H2,1-3H3;2*1H;/q;;;+2/p-2. The topological polar surface area (TPSA) is 26.3 Å². The number of halogens is 2. The van der Waals surface area contributed by atoms with Crippen LogP contribution >= 0.6 is 19.4 Å². The van der Waals surface area contributed by atoms with E-state index in [-0.39, 0.29) is 11.9 Å². The molecule has 1 aromatic carbocycles. The number of hydrogen-bond donors (Lipinski definition) is 0. The molecule has 0 saturated carbocycles. The van der Waals surface area contributed by atoms with Crippen LogP contribution in [0.15, 0.2) is 18.2 Å². The van der Waals surface area contributed by atoms with Crippen LogP contribution in [-0.2, 0) is 13.5 Å². The average molecular weight is 446 g/mol. The van der Waals surface area contributed by atoms with Gasteiger partial charge in [0, 0.05) is 0 Å². The van der Waals surface area contributed by atoms with Gasteiger partial charge in [-0.05, 0) is 0 Å². The number of ether oxygens (including phenoxy) is 1. The summed E-state index contributed by atoms with van der Waals surface area (Å²) in [6, 6.07) is 5.54. The molecular weight excluding hydrogens is 420 g/mol. The Morgan fingerprint density at radius 3 is 2.52 bits per heavy atom. The van der Waals surface area contributed by atoms with Crippen molar-refractivity contribution < 1.29 is 23.0 Å². The first kappa shape index (κ1) is 20.8. The van der Waals surface area contributed by atoms with E-state index in [0.29, 0.717) is 12.0 Å². The normalized spacial score (nSPS) is 11.5. The third-order valence-electron chi connectivity index (χ3n) is 3.39. The van der Waals surface area contributed by atoms with Crippen molar-refractivity contribution in [2.75, 3.05) is 0 Å². The van der Waals surface area contributed by atoms with Gasteiger partial charge in [-0.15, -0.1) is 0 Å². The van der Waals surface area contributed by atoms with Crippen LogP contribution < -0.4 is 4.74 Å². The van der Waals surface area contributed by atoms with Gasteiger partial charge in [-0.2, -0.15) is 0 Å². The van der Waals surface area contributed by atoms with Gasteiger partial charge in [-0.3, -0.25) is 0 Å². The van der Waals surface area contributed by atoms with E-state index in [1.54, 1.807) is 0 Å². The predicted molar refractivity (Wildman–Crippen MR) is 96.8 cm³/mol. The van der Waals surface area contributed by atoms with Gasteiger partial charge >= 0.3 is 153 Å². The molecule has 1 aromatic rings. The van der Waals surface area contributed by atoms with E-state index >= 15 is 0 Å². The Bertz CT molecular complexity index is 538. The predicted octanol–water partition coefficient (Wildman–Crippen LogP) is 6.09. The summed E-state index contributed by atoms with van der Waals surface area (Å²) in [6.07, 6.45) is 6.38. The molecule has 0 atom stereocenters. The Hall–Kier alpha value is -0.237. The van der Waals surface area contributed by atoms with E-state index < -0.39 is 13.5 Å². The van der Waals surface area contributed by atoms with Crippen molar-refractivity contribution in [3.63, 3.8) is 0 Å². The molecule has 5 heteroatoms. The molecule has 0 spiro atoms. The van der Waals surface area contributed by atoms with Gasteiger partial charge < -0.3 is 0 Å². The van der Waals surface area contributed by atoms with E-state index in [1.807, 2.05) is 36.7 Å². The molecule has 0 bridgehead atoms. The van der Waals surface area contributed by atoms with Crippen LogP contribution in [0.1, 0.15) is 75.2 Å². The zero-order valence-corrected chi connectivity index (χ0v) is 17.3. The maximum absolute atomic E-state index is 12.3. The number of carbonyl (C=O) groups is 1. The molecule has 0 aliphatic carbocycles. The molecule has 132 valence electrons. The Balaban J connectivity index is 2.79. The molecule has 0 aliphatic rings. The van der Waals surface area contributed by atoms with Crippen LogP contribution in [0, 0.1) is 0 Å². The second-order valence-corrected chi connectivity index (χ2v) is 11.5. The molecule has 0 N–H and O–H groups in total. The number of Topliss-reactive ketones (excluding diaryl/α,β-unsaturated/α-hetero) is 1. The quantitative estimate of drug-likeness (QED) is 0.247. The Morgan fingerprint density at radius 1 is 1.22 bits per heavy atom. The SMILES string of the molecule is CCCCCCCC(=O)c1ccc(OC(C)C)c([CH]=[Ru]([Cl])[Cl])c1. The first-order valence-corrected chi connectivity index (χ1v) is 13.6. The van der Waals surface area contributed by atoms with Crippen molar-refractivity contribution in [3.8, 4) is 5.75 Å². The Labute approximate surface area is 153 Å². The minimum atomic E-state index is -1.97. The molecule has 2 nitrogen and oxygen atoms in total. The summed E-state index contributed by atoms with van der Waals surface area (Å²) in [4.78, 5) is 12.3. The zero-order chi connectivity index (χ0) is 17.2. The van der Waals surface area contributed by atoms with Crippen molar-refractivity contribution in [2.45, 2.75) is 65.4 Å². The first-order valence-electron chi connectivity index (χ1n) is 8.11. The summed E-state index contributed by atoms with van der Waals surface area (Å²) in [5, 5.41) is 0. The van der Waals surface area contributed by atoms with E-state index in [0.717, 1.165) is 24.2 Å². The van der Waals surface area contributed by atoms with Gasteiger partial charge in [0.2, 0.25) is 0 Å². The van der Waals surface area contributed by atoms with Crippen LogP contribution in [0.4, 0.5) is 0 Å². The minimum absolute atomic E-state index is 0.0635. The summed E-state index contributed by atoms with van der Waals surface area (Å²) in [6.45, 7) is 6.13.